The molecule has 0 nitrogen and oxygen atoms in total. The molecule has 2 bridgehead atoms. The summed E-state index contributed by atoms with van der Waals surface area (Å²) in [5.41, 5.74) is 9.26. The van der Waals surface area contributed by atoms with Crippen molar-refractivity contribution in [2.75, 3.05) is 0 Å². The van der Waals surface area contributed by atoms with Crippen molar-refractivity contribution < 1.29 is 0 Å². The Kier molecular flexibility index (Phi) is 3.36. The van der Waals surface area contributed by atoms with Gasteiger partial charge in [-0.3, -0.25) is 0 Å². The van der Waals surface area contributed by atoms with Crippen LogP contribution < -0.4 is 0 Å². The van der Waals surface area contributed by atoms with Gasteiger partial charge in [0.2, 0.25) is 0 Å². The molecule has 0 aliphatic heterocycles. The third kappa shape index (κ3) is 1.75. The molecule has 25 heavy (non-hydrogen) atoms. The standard InChI is InChI=1S/C20H12I.3CH3.Sn/c21-20-16-10-4-1-7-13(16)19(14-8-2-5-11-17(14)20)15-9-3-6-12-18(15)20;;;;/h1-12H;3*1H3;. The van der Waals surface area contributed by atoms with Gasteiger partial charge in [0.15, 0.2) is 0 Å². The van der Waals surface area contributed by atoms with Crippen LogP contribution in [-0.2, 0) is 6.85 Å². The number of hydrogen-bond acceptors (Lipinski definition) is 0. The second-order valence-electron chi connectivity index (χ2n) is 8.30. The molecule has 124 valence electrons. The normalized spacial score (nSPS) is 25.9. The zero-order chi connectivity index (χ0) is 17.4. The van der Waals surface area contributed by atoms with E-state index in [4.69, 9.17) is 0 Å². The predicted octanol–water partition coefficient (Wildman–Crippen LogP) is 6.25. The molecule has 2 heteroatoms. The molecule has 0 fully saturated rings. The maximum absolute atomic E-state index is 2.72. The Morgan fingerprint density at radius 2 is 0.840 bits per heavy atom. The summed E-state index contributed by atoms with van der Waals surface area (Å²) in [6.45, 7) is 0. The average Bonchev–Trinajstić information content (AvgIpc) is 2.62. The Hall–Kier alpha value is -0.811. The van der Waals surface area contributed by atoms with E-state index in [9.17, 15) is 0 Å². The summed E-state index contributed by atoms with van der Waals surface area (Å²) in [5, 5.41) is 0. The van der Waals surface area contributed by atoms with Gasteiger partial charge in [0, 0.05) is 0 Å². The van der Waals surface area contributed by atoms with E-state index in [1.165, 1.54) is 16.7 Å². The van der Waals surface area contributed by atoms with Crippen LogP contribution in [0.25, 0.3) is 0 Å². The minimum atomic E-state index is -2.54. The van der Waals surface area contributed by atoms with E-state index >= 15 is 0 Å². The van der Waals surface area contributed by atoms with Crippen molar-refractivity contribution >= 4 is 41.0 Å². The van der Waals surface area contributed by atoms with Crippen molar-refractivity contribution in [2.24, 2.45) is 0 Å². The third-order valence-electron chi connectivity index (χ3n) is 6.23. The molecule has 3 aliphatic carbocycles. The molecule has 3 aromatic rings. The predicted molar refractivity (Wildman–Crippen MR) is 116 cm³/mol. The second kappa shape index (κ2) is 5.13. The summed E-state index contributed by atoms with van der Waals surface area (Å²) in [7, 11) is 0. The number of benzene rings is 3. The van der Waals surface area contributed by atoms with Crippen molar-refractivity contribution in [3.63, 3.8) is 0 Å². The van der Waals surface area contributed by atoms with Crippen molar-refractivity contribution in [1.82, 2.24) is 0 Å². The Morgan fingerprint density at radius 3 is 1.12 bits per heavy atom. The summed E-state index contributed by atoms with van der Waals surface area (Å²) in [4.78, 5) is 7.81. The number of rotatable bonds is 1. The van der Waals surface area contributed by atoms with E-state index in [2.05, 4.69) is 110 Å². The van der Waals surface area contributed by atoms with Gasteiger partial charge in [0.05, 0.1) is 0 Å². The molecule has 0 heterocycles. The van der Waals surface area contributed by atoms with Crippen LogP contribution in [0.15, 0.2) is 72.8 Å². The quantitative estimate of drug-likeness (QED) is 0.194. The molecule has 0 spiro atoms. The molecule has 0 unspecified atom stereocenters. The second-order valence-corrected chi connectivity index (χ2v) is 24.9. The molecule has 0 atom stereocenters. The van der Waals surface area contributed by atoms with Crippen molar-refractivity contribution in [3.05, 3.63) is 106 Å². The monoisotopic (exact) mass is 544 g/mol. The molecule has 3 aromatic carbocycles. The van der Waals surface area contributed by atoms with Crippen LogP contribution in [0.3, 0.4) is 0 Å². The first kappa shape index (κ1) is 16.4. The summed E-state index contributed by atoms with van der Waals surface area (Å²) in [5.74, 6) is 0. The number of halogens is 1. The summed E-state index contributed by atoms with van der Waals surface area (Å²) in [6, 6.07) is 27.7. The molecular formula is C23H21ISn. The van der Waals surface area contributed by atoms with E-state index in [0.29, 0.717) is 0 Å². The summed E-state index contributed by atoms with van der Waals surface area (Å²) < 4.78 is 0.0335. The van der Waals surface area contributed by atoms with E-state index in [-0.39, 0.29) is 6.85 Å². The van der Waals surface area contributed by atoms with Gasteiger partial charge in [-0.2, -0.15) is 0 Å². The molecule has 0 saturated carbocycles. The Morgan fingerprint density at radius 1 is 0.560 bits per heavy atom. The minimum absolute atomic E-state index is 0.0690. The van der Waals surface area contributed by atoms with Gasteiger partial charge in [0.1, 0.15) is 0 Å². The molecular weight excluding hydrogens is 522 g/mol. The van der Waals surface area contributed by atoms with Crippen LogP contribution in [0.4, 0.5) is 0 Å². The molecule has 0 radical (unpaired) electrons. The van der Waals surface area contributed by atoms with Crippen LogP contribution in [0.2, 0.25) is 14.8 Å². The van der Waals surface area contributed by atoms with Gasteiger partial charge < -0.3 is 0 Å². The van der Waals surface area contributed by atoms with Gasteiger partial charge in [-0.15, -0.1) is 0 Å². The summed E-state index contributed by atoms with van der Waals surface area (Å²) >= 11 is 0.184. The summed E-state index contributed by atoms with van der Waals surface area (Å²) in [6.07, 6.45) is 0. The van der Waals surface area contributed by atoms with Crippen LogP contribution >= 0.6 is 22.6 Å². The van der Waals surface area contributed by atoms with E-state index in [0.717, 1.165) is 0 Å². The van der Waals surface area contributed by atoms with Crippen molar-refractivity contribution in [2.45, 2.75) is 21.7 Å². The topological polar surface area (TPSA) is 0 Å². The van der Waals surface area contributed by atoms with E-state index < -0.39 is 18.4 Å². The van der Waals surface area contributed by atoms with Crippen LogP contribution in [0.5, 0.6) is 0 Å². The Balaban J connectivity index is 2.09. The molecule has 0 amide bonds. The number of hydrogen-bond donors (Lipinski definition) is 0. The SMILES string of the molecule is [CH3][Sn]([CH3])([CH3])[C]12c3ccccc3C(I)(c3ccccc31)c1ccccc12. The van der Waals surface area contributed by atoms with E-state index in [1.54, 1.807) is 16.7 Å². The fraction of sp³-hybridized carbons (Fsp3) is 0.217. The Labute approximate surface area is 167 Å². The average molecular weight is 543 g/mol. The van der Waals surface area contributed by atoms with Gasteiger partial charge in [-0.05, 0) is 0 Å². The first-order chi connectivity index (χ1) is 11.9. The fourth-order valence-electron chi connectivity index (χ4n) is 5.41. The zero-order valence-corrected chi connectivity index (χ0v) is 19.8. The molecule has 0 N–H and O–H groups in total. The van der Waals surface area contributed by atoms with Gasteiger partial charge >= 0.3 is 169 Å². The molecule has 6 rings (SSSR count). The fourth-order valence-corrected chi connectivity index (χ4v) is 15.6. The van der Waals surface area contributed by atoms with Gasteiger partial charge in [0.25, 0.3) is 0 Å². The number of alkyl halides is 1. The molecule has 0 aromatic heterocycles. The van der Waals surface area contributed by atoms with Crippen LogP contribution in [-0.4, -0.2) is 18.4 Å². The molecule has 0 saturated heterocycles. The van der Waals surface area contributed by atoms with Gasteiger partial charge in [-0.25, -0.2) is 0 Å². The maximum atomic E-state index is 2.72. The zero-order valence-electron chi connectivity index (χ0n) is 14.8. The van der Waals surface area contributed by atoms with Crippen molar-refractivity contribution in [1.29, 1.82) is 0 Å². The van der Waals surface area contributed by atoms with Crippen LogP contribution in [0, 0.1) is 0 Å². The molecule has 3 aliphatic rings. The van der Waals surface area contributed by atoms with Gasteiger partial charge in [-0.1, -0.05) is 0 Å². The third-order valence-corrected chi connectivity index (χ3v) is 16.7. The Bertz CT molecular complexity index is 894. The van der Waals surface area contributed by atoms with E-state index in [1.807, 2.05) is 0 Å². The van der Waals surface area contributed by atoms with Crippen molar-refractivity contribution in [3.8, 4) is 0 Å². The first-order valence-electron chi connectivity index (χ1n) is 8.92. The first-order valence-corrected chi connectivity index (χ1v) is 20.0. The van der Waals surface area contributed by atoms with Crippen LogP contribution in [0.1, 0.15) is 33.4 Å².